The van der Waals surface area contributed by atoms with Gasteiger partial charge in [0, 0.05) is 19.5 Å². The van der Waals surface area contributed by atoms with E-state index in [4.69, 9.17) is 5.11 Å². The first-order valence-corrected chi connectivity index (χ1v) is 8.19. The number of rotatable bonds is 9. The molecule has 134 valence electrons. The molecule has 2 rings (SSSR count). The van der Waals surface area contributed by atoms with Gasteiger partial charge in [-0.05, 0) is 25.0 Å². The van der Waals surface area contributed by atoms with E-state index in [9.17, 15) is 19.2 Å². The maximum atomic E-state index is 12.3. The molecular formula is C17H21N3O5. The molecule has 0 aliphatic heterocycles. The van der Waals surface area contributed by atoms with Crippen molar-refractivity contribution in [1.29, 1.82) is 0 Å². The van der Waals surface area contributed by atoms with Crippen LogP contribution in [0.2, 0.25) is 0 Å². The van der Waals surface area contributed by atoms with E-state index in [1.807, 2.05) is 0 Å². The van der Waals surface area contributed by atoms with Gasteiger partial charge in [-0.15, -0.1) is 0 Å². The Balaban J connectivity index is 1.80. The third kappa shape index (κ3) is 5.30. The number of hydrogen-bond donors (Lipinski definition) is 3. The lowest BCUT2D eigenvalue weighted by Gasteiger charge is -2.06. The number of nitrogens with zero attached hydrogens (tertiary/aromatic N) is 1. The number of nitrogens with one attached hydrogen (secondary N) is 2. The second kappa shape index (κ2) is 8.81. The summed E-state index contributed by atoms with van der Waals surface area (Å²) < 4.78 is 1.18. The first-order valence-electron chi connectivity index (χ1n) is 8.19. The average molecular weight is 347 g/mol. The lowest BCUT2D eigenvalue weighted by Crippen LogP contribution is -2.35. The number of carboxylic acids is 1. The highest BCUT2D eigenvalue weighted by Gasteiger charge is 2.07. The minimum absolute atomic E-state index is 0.0978. The predicted molar refractivity (Wildman–Crippen MR) is 92.6 cm³/mol. The second-order valence-electron chi connectivity index (χ2n) is 5.74. The summed E-state index contributed by atoms with van der Waals surface area (Å²) in [4.78, 5) is 48.8. The molecule has 0 atom stereocenters. The van der Waals surface area contributed by atoms with Crippen molar-refractivity contribution in [2.24, 2.45) is 0 Å². The Labute approximate surface area is 143 Å². The molecule has 2 aromatic rings. The van der Waals surface area contributed by atoms with Gasteiger partial charge in [-0.2, -0.15) is 0 Å². The Morgan fingerprint density at radius 2 is 1.84 bits per heavy atom. The number of hydrogen-bond acceptors (Lipinski definition) is 4. The van der Waals surface area contributed by atoms with E-state index in [-0.39, 0.29) is 24.4 Å². The van der Waals surface area contributed by atoms with E-state index in [1.54, 1.807) is 24.3 Å². The van der Waals surface area contributed by atoms with Gasteiger partial charge in [0.15, 0.2) is 0 Å². The second-order valence-corrected chi connectivity index (χ2v) is 5.74. The van der Waals surface area contributed by atoms with Gasteiger partial charge in [-0.3, -0.25) is 19.0 Å². The number of amides is 1. The van der Waals surface area contributed by atoms with Crippen LogP contribution in [0, 0.1) is 0 Å². The molecule has 0 saturated heterocycles. The highest BCUT2D eigenvalue weighted by molar-refractivity contribution is 5.77. The van der Waals surface area contributed by atoms with Crippen LogP contribution in [0.1, 0.15) is 32.1 Å². The molecule has 8 nitrogen and oxygen atoms in total. The highest BCUT2D eigenvalue weighted by atomic mass is 16.4. The summed E-state index contributed by atoms with van der Waals surface area (Å²) in [6.45, 7) is 0.412. The molecule has 0 saturated carbocycles. The molecule has 0 spiro atoms. The molecule has 0 bridgehead atoms. The van der Waals surface area contributed by atoms with Crippen molar-refractivity contribution < 1.29 is 14.7 Å². The van der Waals surface area contributed by atoms with Crippen LogP contribution in [0.15, 0.2) is 33.9 Å². The maximum absolute atomic E-state index is 12.3. The van der Waals surface area contributed by atoms with Gasteiger partial charge >= 0.3 is 11.7 Å². The van der Waals surface area contributed by atoms with Crippen molar-refractivity contribution in [3.63, 3.8) is 0 Å². The number of carboxylic acid groups (broad SMARTS) is 1. The summed E-state index contributed by atoms with van der Waals surface area (Å²) in [7, 11) is 0. The van der Waals surface area contributed by atoms with Crippen molar-refractivity contribution in [1.82, 2.24) is 14.9 Å². The number of para-hydroxylation sites is 1. The quantitative estimate of drug-likeness (QED) is 0.580. The molecular weight excluding hydrogens is 326 g/mol. The zero-order valence-electron chi connectivity index (χ0n) is 13.8. The molecule has 3 N–H and O–H groups in total. The SMILES string of the molecule is O=C(O)CCNC(=O)CCCCCn1c(=O)[nH]c2ccccc2c1=O. The van der Waals surface area contributed by atoms with E-state index in [0.717, 1.165) is 0 Å². The van der Waals surface area contributed by atoms with Crippen molar-refractivity contribution >= 4 is 22.8 Å². The average Bonchev–Trinajstić information content (AvgIpc) is 2.57. The largest absolute Gasteiger partial charge is 0.481 e. The van der Waals surface area contributed by atoms with Crippen molar-refractivity contribution in [3.8, 4) is 0 Å². The zero-order valence-corrected chi connectivity index (χ0v) is 13.8. The number of benzene rings is 1. The molecule has 0 radical (unpaired) electrons. The molecule has 1 aromatic carbocycles. The monoisotopic (exact) mass is 347 g/mol. The van der Waals surface area contributed by atoms with Crippen LogP contribution in [0.25, 0.3) is 10.9 Å². The van der Waals surface area contributed by atoms with Gasteiger partial charge in [-0.25, -0.2) is 4.79 Å². The third-order valence-electron chi connectivity index (χ3n) is 3.84. The highest BCUT2D eigenvalue weighted by Crippen LogP contribution is 2.04. The van der Waals surface area contributed by atoms with Crippen molar-refractivity contribution in [3.05, 3.63) is 45.1 Å². The number of carbonyl (C=O) groups excluding carboxylic acids is 1. The minimum atomic E-state index is -0.952. The van der Waals surface area contributed by atoms with Crippen LogP contribution in [0.3, 0.4) is 0 Å². The number of aromatic amines is 1. The number of unbranched alkanes of at least 4 members (excludes halogenated alkanes) is 2. The molecule has 25 heavy (non-hydrogen) atoms. The van der Waals surface area contributed by atoms with E-state index >= 15 is 0 Å². The molecule has 0 unspecified atom stereocenters. The normalized spacial score (nSPS) is 10.7. The van der Waals surface area contributed by atoms with Crippen LogP contribution in [0.4, 0.5) is 0 Å². The van der Waals surface area contributed by atoms with Gasteiger partial charge in [-0.1, -0.05) is 18.6 Å². The van der Waals surface area contributed by atoms with E-state index in [1.165, 1.54) is 4.57 Å². The van der Waals surface area contributed by atoms with E-state index < -0.39 is 11.7 Å². The van der Waals surface area contributed by atoms with Gasteiger partial charge in [0.25, 0.3) is 5.56 Å². The lowest BCUT2D eigenvalue weighted by atomic mass is 10.2. The van der Waals surface area contributed by atoms with Gasteiger partial charge in [0.05, 0.1) is 17.3 Å². The Kier molecular flexibility index (Phi) is 6.50. The van der Waals surface area contributed by atoms with E-state index in [2.05, 4.69) is 10.3 Å². The van der Waals surface area contributed by atoms with Crippen LogP contribution >= 0.6 is 0 Å². The zero-order chi connectivity index (χ0) is 18.2. The summed E-state index contributed by atoms with van der Waals surface area (Å²) in [6.07, 6.45) is 2.09. The Morgan fingerprint density at radius 1 is 1.08 bits per heavy atom. The van der Waals surface area contributed by atoms with Crippen LogP contribution < -0.4 is 16.6 Å². The fourth-order valence-corrected chi connectivity index (χ4v) is 2.53. The third-order valence-corrected chi connectivity index (χ3v) is 3.84. The van der Waals surface area contributed by atoms with E-state index in [0.29, 0.717) is 43.1 Å². The summed E-state index contributed by atoms with van der Waals surface area (Å²) in [5.41, 5.74) is -0.229. The predicted octanol–water partition coefficient (Wildman–Crippen LogP) is 0.841. The first-order chi connectivity index (χ1) is 12.0. The number of aliphatic carboxylic acids is 1. The molecule has 8 heteroatoms. The standard InChI is InChI=1S/C17H21N3O5/c21-14(18-10-9-15(22)23)8-2-1-5-11-20-16(24)12-6-3-4-7-13(12)19-17(20)25/h3-4,6-7H,1-2,5,8-11H2,(H,18,21)(H,19,25)(H,22,23). The number of aromatic nitrogens is 2. The molecule has 1 aromatic heterocycles. The molecule has 1 heterocycles. The fourth-order valence-electron chi connectivity index (χ4n) is 2.53. The Hall–Kier alpha value is -2.90. The van der Waals surface area contributed by atoms with Gasteiger partial charge in [0.1, 0.15) is 0 Å². The number of fused-ring (bicyclic) bond motifs is 1. The van der Waals surface area contributed by atoms with Crippen LogP contribution in [0.5, 0.6) is 0 Å². The number of H-pyrrole nitrogens is 1. The molecule has 0 aliphatic rings. The van der Waals surface area contributed by atoms with Crippen LogP contribution in [-0.2, 0) is 16.1 Å². The minimum Gasteiger partial charge on any atom is -0.481 e. The van der Waals surface area contributed by atoms with Gasteiger partial charge < -0.3 is 15.4 Å². The summed E-state index contributed by atoms with van der Waals surface area (Å²) in [5, 5.41) is 11.5. The summed E-state index contributed by atoms with van der Waals surface area (Å²) in [6, 6.07) is 6.86. The number of carbonyl (C=O) groups is 2. The van der Waals surface area contributed by atoms with Crippen LogP contribution in [-0.4, -0.2) is 33.1 Å². The molecule has 0 aliphatic carbocycles. The van der Waals surface area contributed by atoms with Crippen molar-refractivity contribution in [2.45, 2.75) is 38.6 Å². The Bertz CT molecular complexity index is 868. The summed E-state index contributed by atoms with van der Waals surface area (Å²) in [5.74, 6) is -1.15. The fraction of sp³-hybridized carbons (Fsp3) is 0.412. The maximum Gasteiger partial charge on any atom is 0.328 e. The Morgan fingerprint density at radius 3 is 2.60 bits per heavy atom. The summed E-state index contributed by atoms with van der Waals surface area (Å²) >= 11 is 0. The topological polar surface area (TPSA) is 121 Å². The lowest BCUT2D eigenvalue weighted by molar-refractivity contribution is -0.136. The molecule has 1 amide bonds. The van der Waals surface area contributed by atoms with Crippen molar-refractivity contribution in [2.75, 3.05) is 6.54 Å². The van der Waals surface area contributed by atoms with Gasteiger partial charge in [0.2, 0.25) is 5.91 Å². The first kappa shape index (κ1) is 18.4. The smallest absolute Gasteiger partial charge is 0.328 e. The molecule has 0 fully saturated rings.